The van der Waals surface area contributed by atoms with Crippen LogP contribution in [0.1, 0.15) is 16.7 Å². The molecule has 0 aromatic heterocycles. The third-order valence-electron chi connectivity index (χ3n) is 3.68. The van der Waals surface area contributed by atoms with E-state index in [1.165, 1.54) is 12.3 Å². The smallest absolute Gasteiger partial charge is 0.303 e. The molecule has 1 heterocycles. The number of benzene rings is 2. The summed E-state index contributed by atoms with van der Waals surface area (Å²) in [6.45, 7) is 0. The molecule has 2 aromatic carbocycles. The van der Waals surface area contributed by atoms with Crippen LogP contribution in [0.4, 0.5) is 13.2 Å². The maximum atomic E-state index is 12.8. The first kappa shape index (κ1) is 19.4. The van der Waals surface area contributed by atoms with Crippen LogP contribution in [0.3, 0.4) is 0 Å². The average molecular weight is 412 g/mol. The van der Waals surface area contributed by atoms with Crippen molar-refractivity contribution in [3.8, 4) is 0 Å². The Morgan fingerprint density at radius 1 is 1.19 bits per heavy atom. The first-order valence-electron chi connectivity index (χ1n) is 7.81. The Labute approximate surface area is 162 Å². The zero-order valence-corrected chi connectivity index (χ0v) is 15.3. The summed E-state index contributed by atoms with van der Waals surface area (Å²) in [5, 5.41) is 10.8. The fourth-order valence-electron chi connectivity index (χ4n) is 2.37. The lowest BCUT2D eigenvalue weighted by Crippen LogP contribution is -2.26. The molecule has 1 fully saturated rings. The van der Waals surface area contributed by atoms with Crippen molar-refractivity contribution < 1.29 is 18.0 Å². The number of thioether (sulfide) groups is 1. The van der Waals surface area contributed by atoms with Gasteiger partial charge in [0.1, 0.15) is 0 Å². The minimum atomic E-state index is -4.41. The van der Waals surface area contributed by atoms with E-state index in [2.05, 4.69) is 15.5 Å². The molecule has 0 bridgehead atoms. The van der Waals surface area contributed by atoms with Gasteiger partial charge >= 0.3 is 6.18 Å². The fourth-order valence-corrected chi connectivity index (χ4v) is 3.46. The summed E-state index contributed by atoms with van der Waals surface area (Å²) in [5.74, 6) is -0.308. The van der Waals surface area contributed by atoms with E-state index in [0.29, 0.717) is 15.8 Å². The van der Waals surface area contributed by atoms with Gasteiger partial charge < -0.3 is 5.32 Å². The quantitative estimate of drug-likeness (QED) is 0.594. The number of hydrogen-bond acceptors (Lipinski definition) is 4. The van der Waals surface area contributed by atoms with Gasteiger partial charge in [-0.2, -0.15) is 18.3 Å². The number of carbonyl (C=O) groups excluding carboxylic acids is 1. The second-order valence-corrected chi connectivity index (χ2v) is 7.33. The highest BCUT2D eigenvalue weighted by atomic mass is 35.5. The van der Waals surface area contributed by atoms with Crippen LogP contribution in [0.2, 0.25) is 5.02 Å². The highest BCUT2D eigenvalue weighted by Gasteiger charge is 2.33. The van der Waals surface area contributed by atoms with E-state index < -0.39 is 17.0 Å². The van der Waals surface area contributed by atoms with Crippen LogP contribution in [-0.2, 0) is 17.4 Å². The fraction of sp³-hybridized carbons (Fsp3) is 0.167. The summed E-state index contributed by atoms with van der Waals surface area (Å²) in [4.78, 5) is 12.0. The highest BCUT2D eigenvalue weighted by molar-refractivity contribution is 8.15. The van der Waals surface area contributed by atoms with Crippen molar-refractivity contribution >= 4 is 40.7 Å². The van der Waals surface area contributed by atoms with E-state index in [1.807, 2.05) is 0 Å². The summed E-state index contributed by atoms with van der Waals surface area (Å²) in [6, 6.07) is 11.9. The van der Waals surface area contributed by atoms with Gasteiger partial charge in [0, 0.05) is 5.02 Å². The van der Waals surface area contributed by atoms with Crippen LogP contribution in [0.5, 0.6) is 0 Å². The van der Waals surface area contributed by atoms with Crippen LogP contribution in [0.15, 0.2) is 58.7 Å². The lowest BCUT2D eigenvalue weighted by atomic mass is 10.1. The molecule has 1 aliphatic heterocycles. The Kier molecular flexibility index (Phi) is 5.86. The first-order chi connectivity index (χ1) is 12.8. The third kappa shape index (κ3) is 5.33. The maximum absolute atomic E-state index is 12.8. The summed E-state index contributed by atoms with van der Waals surface area (Å²) >= 11 is 6.94. The van der Waals surface area contributed by atoms with Crippen LogP contribution in [0, 0.1) is 0 Å². The molecule has 140 valence electrons. The van der Waals surface area contributed by atoms with E-state index in [1.54, 1.807) is 30.3 Å². The summed E-state index contributed by atoms with van der Waals surface area (Å²) in [7, 11) is 0. The second-order valence-electron chi connectivity index (χ2n) is 5.70. The molecule has 27 heavy (non-hydrogen) atoms. The third-order valence-corrected chi connectivity index (χ3v) is 5.00. The Morgan fingerprint density at radius 3 is 2.63 bits per heavy atom. The van der Waals surface area contributed by atoms with Gasteiger partial charge in [0.15, 0.2) is 5.17 Å². The van der Waals surface area contributed by atoms with Crippen molar-refractivity contribution in [1.29, 1.82) is 0 Å². The lowest BCUT2D eigenvalue weighted by Gasteiger charge is -2.10. The monoisotopic (exact) mass is 411 g/mol. The zero-order chi connectivity index (χ0) is 19.4. The lowest BCUT2D eigenvalue weighted by molar-refractivity contribution is -0.137. The Hall–Kier alpha value is -2.32. The van der Waals surface area contributed by atoms with E-state index in [-0.39, 0.29) is 12.3 Å². The van der Waals surface area contributed by atoms with Gasteiger partial charge in [-0.25, -0.2) is 0 Å². The predicted octanol–water partition coefficient (Wildman–Crippen LogP) is 4.52. The largest absolute Gasteiger partial charge is 0.416 e. The SMILES string of the molecule is O=C1N/C(=N\N=C/c2ccc(Cl)cc2)S[C@H]1Cc1cccc(C(F)(F)F)c1. The topological polar surface area (TPSA) is 53.8 Å². The number of hydrogen-bond donors (Lipinski definition) is 1. The number of amides is 1. The Balaban J connectivity index is 1.64. The highest BCUT2D eigenvalue weighted by Crippen LogP contribution is 2.31. The van der Waals surface area contributed by atoms with Crippen molar-refractivity contribution in [2.24, 2.45) is 10.2 Å². The molecule has 0 radical (unpaired) electrons. The standard InChI is InChI=1S/C18H13ClF3N3OS/c19-14-6-4-11(5-7-14)10-23-25-17-24-16(26)15(27-17)9-12-2-1-3-13(8-12)18(20,21)22/h1-8,10,15H,9H2,(H,24,25,26)/b23-10-/t15-/m0/s1. The molecule has 1 N–H and O–H groups in total. The molecule has 1 atom stereocenters. The molecule has 2 aromatic rings. The number of halogens is 4. The molecule has 0 spiro atoms. The molecule has 0 unspecified atom stereocenters. The minimum Gasteiger partial charge on any atom is -0.303 e. The van der Waals surface area contributed by atoms with Crippen molar-refractivity contribution in [2.45, 2.75) is 17.8 Å². The van der Waals surface area contributed by atoms with Gasteiger partial charge in [-0.05, 0) is 35.7 Å². The summed E-state index contributed by atoms with van der Waals surface area (Å²) < 4.78 is 38.4. The summed E-state index contributed by atoms with van der Waals surface area (Å²) in [5.41, 5.74) is 0.492. The molecular weight excluding hydrogens is 399 g/mol. The minimum absolute atomic E-state index is 0.167. The number of rotatable bonds is 4. The van der Waals surface area contributed by atoms with Gasteiger partial charge in [-0.1, -0.05) is 53.7 Å². The van der Waals surface area contributed by atoms with Gasteiger partial charge in [-0.15, -0.1) is 5.10 Å². The molecule has 3 rings (SSSR count). The van der Waals surface area contributed by atoms with Crippen LogP contribution in [-0.4, -0.2) is 22.5 Å². The predicted molar refractivity (Wildman–Crippen MR) is 101 cm³/mol. The molecule has 4 nitrogen and oxygen atoms in total. The second kappa shape index (κ2) is 8.14. The number of carbonyl (C=O) groups is 1. The normalized spacial score (nSPS) is 19.0. The maximum Gasteiger partial charge on any atom is 0.416 e. The van der Waals surface area contributed by atoms with Gasteiger partial charge in [0.05, 0.1) is 17.0 Å². The van der Waals surface area contributed by atoms with Crippen LogP contribution < -0.4 is 5.32 Å². The van der Waals surface area contributed by atoms with Crippen LogP contribution >= 0.6 is 23.4 Å². The molecule has 0 aliphatic carbocycles. The van der Waals surface area contributed by atoms with Crippen molar-refractivity contribution in [3.63, 3.8) is 0 Å². The van der Waals surface area contributed by atoms with Gasteiger partial charge in [0.25, 0.3) is 0 Å². The van der Waals surface area contributed by atoms with Crippen molar-refractivity contribution in [3.05, 3.63) is 70.2 Å². The molecule has 0 saturated carbocycles. The molecular formula is C18H13ClF3N3OS. The van der Waals surface area contributed by atoms with Crippen molar-refractivity contribution in [1.82, 2.24) is 5.32 Å². The van der Waals surface area contributed by atoms with Crippen LogP contribution in [0.25, 0.3) is 0 Å². The number of nitrogens with one attached hydrogen (secondary N) is 1. The zero-order valence-electron chi connectivity index (χ0n) is 13.7. The van der Waals surface area contributed by atoms with E-state index >= 15 is 0 Å². The van der Waals surface area contributed by atoms with E-state index in [9.17, 15) is 18.0 Å². The number of alkyl halides is 3. The molecule has 1 aliphatic rings. The van der Waals surface area contributed by atoms with E-state index in [0.717, 1.165) is 29.5 Å². The summed E-state index contributed by atoms with van der Waals surface area (Å²) in [6.07, 6.45) is -2.74. The molecule has 1 amide bonds. The molecule has 1 saturated heterocycles. The first-order valence-corrected chi connectivity index (χ1v) is 9.07. The number of nitrogens with zero attached hydrogens (tertiary/aromatic N) is 2. The van der Waals surface area contributed by atoms with Gasteiger partial charge in [0.2, 0.25) is 5.91 Å². The van der Waals surface area contributed by atoms with E-state index in [4.69, 9.17) is 11.6 Å². The van der Waals surface area contributed by atoms with Gasteiger partial charge in [-0.3, -0.25) is 4.79 Å². The Morgan fingerprint density at radius 2 is 1.93 bits per heavy atom. The Bertz CT molecular complexity index is 897. The molecule has 9 heteroatoms. The average Bonchev–Trinajstić information content (AvgIpc) is 2.96. The number of amidine groups is 1. The van der Waals surface area contributed by atoms with Crippen molar-refractivity contribution in [2.75, 3.05) is 0 Å².